The van der Waals surface area contributed by atoms with E-state index >= 15 is 0 Å². The topological polar surface area (TPSA) is 99.4 Å². The second-order valence-electron chi connectivity index (χ2n) is 5.34. The van der Waals surface area contributed by atoms with E-state index < -0.39 is 4.92 Å². The SMILES string of the molecule is O=[N+]([O-])c1cc2c(NCc3ccc4c(c3)OCO4)ncnc2cc1Cl. The van der Waals surface area contributed by atoms with Crippen LogP contribution in [0.4, 0.5) is 11.5 Å². The van der Waals surface area contributed by atoms with E-state index in [9.17, 15) is 10.1 Å². The summed E-state index contributed by atoms with van der Waals surface area (Å²) < 4.78 is 10.6. The zero-order valence-electron chi connectivity index (χ0n) is 12.7. The molecule has 2 aromatic carbocycles. The van der Waals surface area contributed by atoms with Crippen molar-refractivity contribution in [3.63, 3.8) is 0 Å². The van der Waals surface area contributed by atoms with Crippen molar-refractivity contribution in [3.8, 4) is 11.5 Å². The minimum atomic E-state index is -0.531. The number of hydrogen-bond acceptors (Lipinski definition) is 7. The van der Waals surface area contributed by atoms with Crippen LogP contribution < -0.4 is 14.8 Å². The van der Waals surface area contributed by atoms with E-state index in [0.29, 0.717) is 34.8 Å². The monoisotopic (exact) mass is 358 g/mol. The van der Waals surface area contributed by atoms with E-state index in [1.165, 1.54) is 18.5 Å². The van der Waals surface area contributed by atoms with Crippen molar-refractivity contribution in [1.82, 2.24) is 9.97 Å². The zero-order valence-corrected chi connectivity index (χ0v) is 13.5. The lowest BCUT2D eigenvalue weighted by molar-refractivity contribution is -0.384. The van der Waals surface area contributed by atoms with Gasteiger partial charge in [0.1, 0.15) is 17.2 Å². The van der Waals surface area contributed by atoms with Crippen LogP contribution in [0.2, 0.25) is 5.02 Å². The average Bonchev–Trinajstić information content (AvgIpc) is 3.06. The number of nitrogens with one attached hydrogen (secondary N) is 1. The lowest BCUT2D eigenvalue weighted by Crippen LogP contribution is -2.03. The van der Waals surface area contributed by atoms with Crippen molar-refractivity contribution in [1.29, 1.82) is 0 Å². The minimum absolute atomic E-state index is 0.0397. The number of nitro benzene ring substituents is 1. The van der Waals surface area contributed by atoms with Crippen molar-refractivity contribution < 1.29 is 14.4 Å². The molecular formula is C16H11ClN4O4. The smallest absolute Gasteiger partial charge is 0.288 e. The third-order valence-corrected chi connectivity index (χ3v) is 4.10. The van der Waals surface area contributed by atoms with Crippen LogP contribution in [-0.4, -0.2) is 21.7 Å². The van der Waals surface area contributed by atoms with Gasteiger partial charge in [-0.2, -0.15) is 0 Å². The van der Waals surface area contributed by atoms with Crippen molar-refractivity contribution in [2.24, 2.45) is 0 Å². The van der Waals surface area contributed by atoms with Gasteiger partial charge in [0.05, 0.1) is 10.4 Å². The summed E-state index contributed by atoms with van der Waals surface area (Å²) in [5, 5.41) is 14.8. The summed E-state index contributed by atoms with van der Waals surface area (Å²) in [6.45, 7) is 0.673. The molecule has 0 radical (unpaired) electrons. The van der Waals surface area contributed by atoms with E-state index in [0.717, 1.165) is 5.56 Å². The normalized spacial score (nSPS) is 12.4. The first-order valence-corrected chi connectivity index (χ1v) is 7.70. The van der Waals surface area contributed by atoms with Gasteiger partial charge in [-0.25, -0.2) is 9.97 Å². The fourth-order valence-electron chi connectivity index (χ4n) is 2.58. The fraction of sp³-hybridized carbons (Fsp3) is 0.125. The summed E-state index contributed by atoms with van der Waals surface area (Å²) in [6, 6.07) is 8.45. The summed E-state index contributed by atoms with van der Waals surface area (Å²) in [7, 11) is 0. The molecule has 4 rings (SSSR count). The summed E-state index contributed by atoms with van der Waals surface area (Å²) in [5.41, 5.74) is 1.30. The molecule has 0 amide bonds. The molecule has 0 saturated heterocycles. The molecule has 1 aromatic heterocycles. The average molecular weight is 359 g/mol. The lowest BCUT2D eigenvalue weighted by Gasteiger charge is -2.09. The predicted octanol–water partition coefficient (Wildman–Crippen LogP) is 3.53. The number of anilines is 1. The molecule has 0 saturated carbocycles. The maximum Gasteiger partial charge on any atom is 0.288 e. The van der Waals surface area contributed by atoms with Crippen LogP contribution in [0.3, 0.4) is 0 Å². The van der Waals surface area contributed by atoms with E-state index in [-0.39, 0.29) is 17.5 Å². The Morgan fingerprint density at radius 2 is 2.04 bits per heavy atom. The van der Waals surface area contributed by atoms with Gasteiger partial charge >= 0.3 is 0 Å². The van der Waals surface area contributed by atoms with Gasteiger partial charge in [-0.05, 0) is 23.8 Å². The Bertz CT molecular complexity index is 995. The second-order valence-corrected chi connectivity index (χ2v) is 5.75. The third-order valence-electron chi connectivity index (χ3n) is 3.80. The maximum atomic E-state index is 11.1. The van der Waals surface area contributed by atoms with E-state index in [4.69, 9.17) is 21.1 Å². The van der Waals surface area contributed by atoms with Crippen LogP contribution >= 0.6 is 11.6 Å². The van der Waals surface area contributed by atoms with Gasteiger partial charge < -0.3 is 14.8 Å². The highest BCUT2D eigenvalue weighted by Crippen LogP contribution is 2.34. The Balaban J connectivity index is 1.65. The summed E-state index contributed by atoms with van der Waals surface area (Å²) in [6.07, 6.45) is 1.38. The van der Waals surface area contributed by atoms with Gasteiger partial charge in [-0.1, -0.05) is 17.7 Å². The quantitative estimate of drug-likeness (QED) is 0.562. The molecule has 0 fully saturated rings. The maximum absolute atomic E-state index is 11.1. The molecule has 1 N–H and O–H groups in total. The molecule has 0 atom stereocenters. The van der Waals surface area contributed by atoms with E-state index in [1.807, 2.05) is 18.2 Å². The molecule has 0 aliphatic carbocycles. The summed E-state index contributed by atoms with van der Waals surface area (Å²) in [4.78, 5) is 18.9. The van der Waals surface area contributed by atoms with Crippen molar-refractivity contribution in [2.45, 2.75) is 6.54 Å². The number of nitrogens with zero attached hydrogens (tertiary/aromatic N) is 3. The van der Waals surface area contributed by atoms with Crippen LogP contribution in [0.15, 0.2) is 36.7 Å². The number of fused-ring (bicyclic) bond motifs is 2. The molecule has 0 spiro atoms. The number of hydrogen-bond donors (Lipinski definition) is 1. The summed E-state index contributed by atoms with van der Waals surface area (Å²) in [5.74, 6) is 1.89. The first-order valence-electron chi connectivity index (χ1n) is 7.33. The Labute approximate surface area is 146 Å². The van der Waals surface area contributed by atoms with Gasteiger partial charge in [-0.3, -0.25) is 10.1 Å². The molecule has 0 unspecified atom stereocenters. The Morgan fingerprint density at radius 3 is 2.88 bits per heavy atom. The number of nitro groups is 1. The van der Waals surface area contributed by atoms with Gasteiger partial charge in [0.15, 0.2) is 11.5 Å². The fourth-order valence-corrected chi connectivity index (χ4v) is 2.81. The predicted molar refractivity (Wildman–Crippen MR) is 91.1 cm³/mol. The van der Waals surface area contributed by atoms with Gasteiger partial charge in [0.25, 0.3) is 5.69 Å². The largest absolute Gasteiger partial charge is 0.454 e. The van der Waals surface area contributed by atoms with Crippen LogP contribution in [0.1, 0.15) is 5.56 Å². The van der Waals surface area contributed by atoms with Crippen molar-refractivity contribution in [2.75, 3.05) is 12.1 Å². The first kappa shape index (κ1) is 15.4. The van der Waals surface area contributed by atoms with Crippen LogP contribution in [0.25, 0.3) is 10.9 Å². The number of rotatable bonds is 4. The van der Waals surface area contributed by atoms with E-state index in [1.54, 1.807) is 0 Å². The molecule has 2 heterocycles. The first-order chi connectivity index (χ1) is 12.1. The zero-order chi connectivity index (χ0) is 17.4. The van der Waals surface area contributed by atoms with Crippen molar-refractivity contribution in [3.05, 3.63) is 57.4 Å². The number of aromatic nitrogens is 2. The molecule has 126 valence electrons. The summed E-state index contributed by atoms with van der Waals surface area (Å²) >= 11 is 5.93. The van der Waals surface area contributed by atoms with Crippen LogP contribution in [0, 0.1) is 10.1 Å². The van der Waals surface area contributed by atoms with E-state index in [2.05, 4.69) is 15.3 Å². The molecule has 9 heteroatoms. The second kappa shape index (κ2) is 6.06. The highest BCUT2D eigenvalue weighted by Gasteiger charge is 2.17. The molecule has 0 bridgehead atoms. The van der Waals surface area contributed by atoms with Gasteiger partial charge in [-0.15, -0.1) is 0 Å². The Kier molecular flexibility index (Phi) is 3.73. The lowest BCUT2D eigenvalue weighted by atomic mass is 10.2. The number of halogens is 1. The Morgan fingerprint density at radius 1 is 1.20 bits per heavy atom. The highest BCUT2D eigenvalue weighted by atomic mass is 35.5. The minimum Gasteiger partial charge on any atom is -0.454 e. The molecule has 1 aliphatic heterocycles. The molecule has 1 aliphatic rings. The number of benzene rings is 2. The van der Waals surface area contributed by atoms with Gasteiger partial charge in [0, 0.05) is 18.0 Å². The number of ether oxygens (including phenoxy) is 2. The van der Waals surface area contributed by atoms with Crippen LogP contribution in [0.5, 0.6) is 11.5 Å². The molecule has 25 heavy (non-hydrogen) atoms. The Hall–Kier alpha value is -3.13. The molecule has 8 nitrogen and oxygen atoms in total. The third kappa shape index (κ3) is 2.87. The molecular weight excluding hydrogens is 348 g/mol. The highest BCUT2D eigenvalue weighted by molar-refractivity contribution is 6.33. The standard InChI is InChI=1S/C16H11ClN4O4/c17-11-5-12-10(4-13(11)21(22)23)16(20-7-19-12)18-6-9-1-2-14-15(3-9)25-8-24-14/h1-5,7H,6,8H2,(H,18,19,20). The van der Waals surface area contributed by atoms with Gasteiger partial charge in [0.2, 0.25) is 6.79 Å². The van der Waals surface area contributed by atoms with Crippen molar-refractivity contribution >= 4 is 34.0 Å². The van der Waals surface area contributed by atoms with Crippen LogP contribution in [-0.2, 0) is 6.54 Å². The molecule has 3 aromatic rings.